The lowest BCUT2D eigenvalue weighted by Gasteiger charge is -2.06. The van der Waals surface area contributed by atoms with Crippen molar-refractivity contribution in [3.63, 3.8) is 0 Å². The highest BCUT2D eigenvalue weighted by atomic mass is 79.9. The third-order valence-corrected chi connectivity index (χ3v) is 2.51. The molecule has 0 heterocycles. The number of rotatable bonds is 2. The molecule has 0 fully saturated rings. The van der Waals surface area contributed by atoms with E-state index in [1.807, 2.05) is 0 Å². The van der Waals surface area contributed by atoms with Crippen molar-refractivity contribution in [3.05, 3.63) is 28.0 Å². The van der Waals surface area contributed by atoms with Crippen molar-refractivity contribution in [3.8, 4) is 5.75 Å². The van der Waals surface area contributed by atoms with E-state index < -0.39 is 5.82 Å². The predicted molar refractivity (Wildman–Crippen MR) is 50.2 cm³/mol. The van der Waals surface area contributed by atoms with Gasteiger partial charge in [-0.2, -0.15) is 0 Å². The molecule has 12 heavy (non-hydrogen) atoms. The molecular weight excluding hydrogens is 246 g/mol. The largest absolute Gasteiger partial charge is 0.494 e. The first-order valence-corrected chi connectivity index (χ1v) is 4.60. The van der Waals surface area contributed by atoms with Crippen molar-refractivity contribution in [2.75, 3.05) is 7.11 Å². The summed E-state index contributed by atoms with van der Waals surface area (Å²) in [5, 5.41) is 0. The van der Waals surface area contributed by atoms with Crippen LogP contribution in [0.2, 0.25) is 0 Å². The highest BCUT2D eigenvalue weighted by Crippen LogP contribution is 2.28. The molecule has 1 nitrogen and oxygen atoms in total. The number of ether oxygens (including phenoxy) is 1. The summed E-state index contributed by atoms with van der Waals surface area (Å²) < 4.78 is 18.7. The molecule has 4 heteroatoms. The second-order valence-electron chi connectivity index (χ2n) is 2.18. The number of benzene rings is 1. The van der Waals surface area contributed by atoms with Crippen LogP contribution in [-0.4, -0.2) is 7.11 Å². The maximum absolute atomic E-state index is 13.3. The zero-order chi connectivity index (χ0) is 9.14. The SMILES string of the molecule is COc1ccc(Br)c(CCl)c1F. The van der Waals surface area contributed by atoms with E-state index in [1.165, 1.54) is 7.11 Å². The molecule has 0 atom stereocenters. The molecule has 0 amide bonds. The molecule has 0 aliphatic heterocycles. The highest BCUT2D eigenvalue weighted by molar-refractivity contribution is 9.10. The molecule has 66 valence electrons. The fraction of sp³-hybridized carbons (Fsp3) is 0.250. The van der Waals surface area contributed by atoms with E-state index in [1.54, 1.807) is 12.1 Å². The molecule has 1 aromatic carbocycles. The van der Waals surface area contributed by atoms with E-state index in [4.69, 9.17) is 16.3 Å². The van der Waals surface area contributed by atoms with Crippen LogP contribution in [0.25, 0.3) is 0 Å². The summed E-state index contributed by atoms with van der Waals surface area (Å²) in [7, 11) is 1.42. The van der Waals surface area contributed by atoms with Crippen LogP contribution in [0.4, 0.5) is 4.39 Å². The lowest BCUT2D eigenvalue weighted by Crippen LogP contribution is -1.93. The quantitative estimate of drug-likeness (QED) is 0.735. The van der Waals surface area contributed by atoms with Crippen LogP contribution in [-0.2, 0) is 5.88 Å². The Morgan fingerprint density at radius 3 is 2.75 bits per heavy atom. The number of alkyl halides is 1. The van der Waals surface area contributed by atoms with Gasteiger partial charge < -0.3 is 4.74 Å². The van der Waals surface area contributed by atoms with Gasteiger partial charge in [-0.3, -0.25) is 0 Å². The average molecular weight is 253 g/mol. The molecule has 0 saturated heterocycles. The monoisotopic (exact) mass is 252 g/mol. The van der Waals surface area contributed by atoms with E-state index in [-0.39, 0.29) is 11.6 Å². The van der Waals surface area contributed by atoms with Gasteiger partial charge in [0.15, 0.2) is 11.6 Å². The lowest BCUT2D eigenvalue weighted by atomic mass is 10.2. The van der Waals surface area contributed by atoms with Crippen LogP contribution in [0.1, 0.15) is 5.56 Å². The Labute approximate surface area is 83.6 Å². The molecule has 0 aliphatic carbocycles. The minimum atomic E-state index is -0.401. The van der Waals surface area contributed by atoms with Crippen molar-refractivity contribution in [2.24, 2.45) is 0 Å². The molecule has 0 unspecified atom stereocenters. The summed E-state index contributed by atoms with van der Waals surface area (Å²) in [6.07, 6.45) is 0. The van der Waals surface area contributed by atoms with E-state index in [0.717, 1.165) is 0 Å². The second-order valence-corrected chi connectivity index (χ2v) is 3.30. The summed E-state index contributed by atoms with van der Waals surface area (Å²) in [6.45, 7) is 0. The Hall–Kier alpha value is -0.280. The van der Waals surface area contributed by atoms with Gasteiger partial charge in [0, 0.05) is 10.0 Å². The van der Waals surface area contributed by atoms with E-state index in [0.29, 0.717) is 10.0 Å². The van der Waals surface area contributed by atoms with Crippen molar-refractivity contribution in [1.29, 1.82) is 0 Å². The smallest absolute Gasteiger partial charge is 0.170 e. The van der Waals surface area contributed by atoms with Gasteiger partial charge in [0.05, 0.1) is 13.0 Å². The summed E-state index contributed by atoms with van der Waals surface area (Å²) in [5.41, 5.74) is 0.427. The second kappa shape index (κ2) is 4.10. The Morgan fingerprint density at radius 2 is 2.25 bits per heavy atom. The maximum Gasteiger partial charge on any atom is 0.170 e. The third-order valence-electron chi connectivity index (χ3n) is 1.50. The summed E-state index contributed by atoms with van der Waals surface area (Å²) >= 11 is 8.73. The van der Waals surface area contributed by atoms with Crippen molar-refractivity contribution >= 4 is 27.5 Å². The normalized spacial score (nSPS) is 10.0. The molecule has 0 bridgehead atoms. The van der Waals surface area contributed by atoms with Gasteiger partial charge in [0.25, 0.3) is 0 Å². The molecular formula is C8H7BrClFO. The molecule has 1 rings (SSSR count). The average Bonchev–Trinajstić information content (AvgIpc) is 2.06. The number of hydrogen-bond acceptors (Lipinski definition) is 1. The summed E-state index contributed by atoms with van der Waals surface area (Å²) in [5.74, 6) is -0.0559. The summed E-state index contributed by atoms with van der Waals surface area (Å²) in [4.78, 5) is 0. The minimum absolute atomic E-state index is 0.129. The highest BCUT2D eigenvalue weighted by Gasteiger charge is 2.10. The van der Waals surface area contributed by atoms with Crippen molar-refractivity contribution in [1.82, 2.24) is 0 Å². The molecule has 0 aromatic heterocycles. The number of hydrogen-bond donors (Lipinski definition) is 0. The van der Waals surface area contributed by atoms with Crippen LogP contribution in [0, 0.1) is 5.82 Å². The van der Waals surface area contributed by atoms with Gasteiger partial charge in [0.2, 0.25) is 0 Å². The first-order chi connectivity index (χ1) is 5.70. The van der Waals surface area contributed by atoms with Crippen LogP contribution in [0.5, 0.6) is 5.75 Å². The zero-order valence-electron chi connectivity index (χ0n) is 6.40. The van der Waals surface area contributed by atoms with Crippen LogP contribution >= 0.6 is 27.5 Å². The standard InChI is InChI=1S/C8H7BrClFO/c1-12-7-3-2-6(9)5(4-10)8(7)11/h2-3H,4H2,1H3. The van der Waals surface area contributed by atoms with Gasteiger partial charge >= 0.3 is 0 Å². The maximum atomic E-state index is 13.3. The first-order valence-electron chi connectivity index (χ1n) is 3.27. The van der Waals surface area contributed by atoms with E-state index in [9.17, 15) is 4.39 Å². The molecule has 0 N–H and O–H groups in total. The topological polar surface area (TPSA) is 9.23 Å². The van der Waals surface area contributed by atoms with Crippen LogP contribution < -0.4 is 4.74 Å². The first kappa shape index (κ1) is 9.81. The lowest BCUT2D eigenvalue weighted by molar-refractivity contribution is 0.384. The van der Waals surface area contributed by atoms with Gasteiger partial charge in [-0.15, -0.1) is 11.6 Å². The van der Waals surface area contributed by atoms with Gasteiger partial charge in [-0.25, -0.2) is 4.39 Å². The molecule has 0 spiro atoms. The molecule has 0 aliphatic rings. The number of methoxy groups -OCH3 is 1. The van der Waals surface area contributed by atoms with Crippen molar-refractivity contribution in [2.45, 2.75) is 5.88 Å². The predicted octanol–water partition coefficient (Wildman–Crippen LogP) is 3.34. The van der Waals surface area contributed by atoms with Crippen LogP contribution in [0.3, 0.4) is 0 Å². The summed E-state index contributed by atoms with van der Waals surface area (Å²) in [6, 6.07) is 3.26. The minimum Gasteiger partial charge on any atom is -0.494 e. The van der Waals surface area contributed by atoms with Gasteiger partial charge in [-0.05, 0) is 12.1 Å². The number of halogens is 3. The van der Waals surface area contributed by atoms with Crippen molar-refractivity contribution < 1.29 is 9.13 Å². The Kier molecular flexibility index (Phi) is 3.35. The Balaban J connectivity index is 3.24. The van der Waals surface area contributed by atoms with E-state index >= 15 is 0 Å². The Bertz CT molecular complexity index is 291. The molecule has 0 saturated carbocycles. The fourth-order valence-electron chi connectivity index (χ4n) is 0.856. The molecule has 1 aromatic rings. The van der Waals surface area contributed by atoms with Crippen LogP contribution in [0.15, 0.2) is 16.6 Å². The molecule has 0 radical (unpaired) electrons. The van der Waals surface area contributed by atoms with Gasteiger partial charge in [0.1, 0.15) is 0 Å². The fourth-order valence-corrected chi connectivity index (χ4v) is 1.73. The third kappa shape index (κ3) is 1.72. The van der Waals surface area contributed by atoms with Gasteiger partial charge in [-0.1, -0.05) is 15.9 Å². The zero-order valence-corrected chi connectivity index (χ0v) is 8.75. The Morgan fingerprint density at radius 1 is 1.58 bits per heavy atom. The van der Waals surface area contributed by atoms with E-state index in [2.05, 4.69) is 15.9 Å².